The summed E-state index contributed by atoms with van der Waals surface area (Å²) in [5.41, 5.74) is 1.09. The number of nitrogens with one attached hydrogen (secondary N) is 1. The summed E-state index contributed by atoms with van der Waals surface area (Å²) in [5.74, 6) is 0.924. The molecule has 0 aliphatic rings. The number of hydrogen-bond acceptors (Lipinski definition) is 5. The highest BCUT2D eigenvalue weighted by atomic mass is 32.1. The average Bonchev–Trinajstić information content (AvgIpc) is 2.89. The van der Waals surface area contributed by atoms with Gasteiger partial charge >= 0.3 is 0 Å². The zero-order valence-corrected chi connectivity index (χ0v) is 15.2. The van der Waals surface area contributed by atoms with Crippen molar-refractivity contribution in [3.63, 3.8) is 0 Å². The van der Waals surface area contributed by atoms with Crippen molar-refractivity contribution in [2.45, 2.75) is 20.4 Å². The number of hydrogen-bond donors (Lipinski definition) is 1. The highest BCUT2D eigenvalue weighted by Gasteiger charge is 2.08. The van der Waals surface area contributed by atoms with Gasteiger partial charge in [0, 0.05) is 39.2 Å². The summed E-state index contributed by atoms with van der Waals surface area (Å²) in [6.45, 7) is 9.11. The molecular formula is C15H29N5OS. The molecule has 0 saturated carbocycles. The van der Waals surface area contributed by atoms with Gasteiger partial charge in [0.2, 0.25) is 0 Å². The van der Waals surface area contributed by atoms with Crippen molar-refractivity contribution in [2.75, 3.05) is 54.0 Å². The Kier molecular flexibility index (Phi) is 9.03. The largest absolute Gasteiger partial charge is 0.383 e. The molecule has 0 atom stereocenters. The lowest BCUT2D eigenvalue weighted by atomic mass is 10.4. The Morgan fingerprint density at radius 3 is 2.77 bits per heavy atom. The summed E-state index contributed by atoms with van der Waals surface area (Å²) >= 11 is 1.68. The van der Waals surface area contributed by atoms with E-state index in [9.17, 15) is 0 Å². The van der Waals surface area contributed by atoms with Crippen LogP contribution in [0.4, 0.5) is 0 Å². The second kappa shape index (κ2) is 10.5. The average molecular weight is 327 g/mol. The topological polar surface area (TPSA) is 53.0 Å². The van der Waals surface area contributed by atoms with E-state index >= 15 is 0 Å². The van der Waals surface area contributed by atoms with Gasteiger partial charge in [0.1, 0.15) is 0 Å². The minimum Gasteiger partial charge on any atom is -0.383 e. The summed E-state index contributed by atoms with van der Waals surface area (Å²) in [6.07, 6.45) is 0. The molecule has 1 N–H and O–H groups in total. The van der Waals surface area contributed by atoms with E-state index in [-0.39, 0.29) is 0 Å². The molecule has 0 amide bonds. The summed E-state index contributed by atoms with van der Waals surface area (Å²) in [6, 6.07) is 0. The molecule has 0 aromatic carbocycles. The van der Waals surface area contributed by atoms with Crippen LogP contribution in [0.1, 0.15) is 17.6 Å². The molecule has 6 nitrogen and oxygen atoms in total. The Balaban J connectivity index is 2.49. The zero-order valence-electron chi connectivity index (χ0n) is 14.4. The van der Waals surface area contributed by atoms with Crippen molar-refractivity contribution in [1.82, 2.24) is 20.1 Å². The van der Waals surface area contributed by atoms with E-state index in [2.05, 4.69) is 44.4 Å². The van der Waals surface area contributed by atoms with E-state index in [0.717, 1.165) is 56.0 Å². The Hall–Kier alpha value is -1.18. The van der Waals surface area contributed by atoms with E-state index in [0.29, 0.717) is 0 Å². The van der Waals surface area contributed by atoms with E-state index in [1.54, 1.807) is 18.4 Å². The predicted molar refractivity (Wildman–Crippen MR) is 93.7 cm³/mol. The van der Waals surface area contributed by atoms with Crippen molar-refractivity contribution < 1.29 is 4.74 Å². The van der Waals surface area contributed by atoms with Crippen LogP contribution >= 0.6 is 11.3 Å². The van der Waals surface area contributed by atoms with Crippen LogP contribution in [0.3, 0.4) is 0 Å². The summed E-state index contributed by atoms with van der Waals surface area (Å²) in [7, 11) is 5.86. The fourth-order valence-corrected chi connectivity index (χ4v) is 2.56. The summed E-state index contributed by atoms with van der Waals surface area (Å²) in [4.78, 5) is 13.5. The number of thiazole rings is 1. The molecule has 0 bridgehead atoms. The highest BCUT2D eigenvalue weighted by molar-refractivity contribution is 7.09. The van der Waals surface area contributed by atoms with Gasteiger partial charge < -0.3 is 19.9 Å². The molecule has 1 heterocycles. The third-order valence-electron chi connectivity index (χ3n) is 3.18. The first-order valence-corrected chi connectivity index (χ1v) is 8.52. The number of ether oxygens (including phenoxy) is 1. The number of likely N-dealkylation sites (N-methyl/N-ethyl adjacent to an activating group) is 1. The molecule has 0 radical (unpaired) electrons. The highest BCUT2D eigenvalue weighted by Crippen LogP contribution is 2.09. The third-order valence-corrected chi connectivity index (χ3v) is 4.00. The molecule has 1 aromatic rings. The second-order valence-corrected chi connectivity index (χ2v) is 6.31. The molecule has 0 aliphatic heterocycles. The molecule has 0 spiro atoms. The summed E-state index contributed by atoms with van der Waals surface area (Å²) < 4.78 is 5.08. The number of aryl methyl sites for hydroxylation is 1. The molecule has 0 aliphatic carbocycles. The lowest BCUT2D eigenvalue weighted by molar-refractivity contribution is 0.163. The Labute approximate surface area is 138 Å². The minimum atomic E-state index is 0.753. The maximum Gasteiger partial charge on any atom is 0.194 e. The number of rotatable bonds is 9. The molecule has 0 saturated heterocycles. The van der Waals surface area contributed by atoms with Gasteiger partial charge in [-0.2, -0.15) is 0 Å². The first kappa shape index (κ1) is 18.9. The van der Waals surface area contributed by atoms with Gasteiger partial charge in [-0.25, -0.2) is 4.98 Å². The van der Waals surface area contributed by atoms with Crippen LogP contribution < -0.4 is 5.32 Å². The van der Waals surface area contributed by atoms with Gasteiger partial charge in [-0.05, 0) is 20.9 Å². The van der Waals surface area contributed by atoms with Crippen molar-refractivity contribution in [2.24, 2.45) is 4.99 Å². The molecular weight excluding hydrogens is 298 g/mol. The maximum atomic E-state index is 5.08. The molecule has 22 heavy (non-hydrogen) atoms. The first-order chi connectivity index (χ1) is 10.6. The number of methoxy groups -OCH3 is 1. The van der Waals surface area contributed by atoms with Gasteiger partial charge in [0.05, 0.1) is 30.4 Å². The quantitative estimate of drug-likeness (QED) is 0.549. The van der Waals surface area contributed by atoms with E-state index in [1.165, 1.54) is 0 Å². The Morgan fingerprint density at radius 1 is 1.41 bits per heavy atom. The van der Waals surface area contributed by atoms with Crippen LogP contribution in [0, 0.1) is 6.92 Å². The van der Waals surface area contributed by atoms with Gasteiger partial charge in [0.15, 0.2) is 5.96 Å². The zero-order chi connectivity index (χ0) is 16.4. The normalized spacial score (nSPS) is 12.0. The number of aliphatic imine (C=N–C) groups is 1. The van der Waals surface area contributed by atoms with E-state index in [4.69, 9.17) is 4.74 Å². The van der Waals surface area contributed by atoms with Gasteiger partial charge in [-0.3, -0.25) is 4.99 Å². The van der Waals surface area contributed by atoms with Crippen molar-refractivity contribution in [3.8, 4) is 0 Å². The molecule has 126 valence electrons. The monoisotopic (exact) mass is 327 g/mol. The van der Waals surface area contributed by atoms with Crippen LogP contribution in [0.15, 0.2) is 10.4 Å². The van der Waals surface area contributed by atoms with Crippen molar-refractivity contribution >= 4 is 17.3 Å². The number of aromatic nitrogens is 1. The Morgan fingerprint density at radius 2 is 2.18 bits per heavy atom. The number of nitrogens with zero attached hydrogens (tertiary/aromatic N) is 4. The van der Waals surface area contributed by atoms with Gasteiger partial charge in [-0.1, -0.05) is 0 Å². The molecule has 7 heteroatoms. The van der Waals surface area contributed by atoms with Gasteiger partial charge in [0.25, 0.3) is 0 Å². The van der Waals surface area contributed by atoms with E-state index < -0.39 is 0 Å². The van der Waals surface area contributed by atoms with Gasteiger partial charge in [-0.15, -0.1) is 11.3 Å². The van der Waals surface area contributed by atoms with Crippen LogP contribution in [-0.4, -0.2) is 74.7 Å². The maximum absolute atomic E-state index is 5.08. The Bertz CT molecular complexity index is 449. The third kappa shape index (κ3) is 7.20. The fraction of sp³-hybridized carbons (Fsp3) is 0.733. The summed E-state index contributed by atoms with van der Waals surface area (Å²) in [5, 5.41) is 6.54. The molecule has 1 aromatic heterocycles. The first-order valence-electron chi connectivity index (χ1n) is 7.64. The smallest absolute Gasteiger partial charge is 0.194 e. The van der Waals surface area contributed by atoms with Crippen LogP contribution in [-0.2, 0) is 11.3 Å². The molecule has 1 rings (SSSR count). The predicted octanol–water partition coefficient (Wildman–Crippen LogP) is 1.43. The van der Waals surface area contributed by atoms with Crippen molar-refractivity contribution in [1.29, 1.82) is 0 Å². The molecule has 0 fully saturated rings. The van der Waals surface area contributed by atoms with Crippen molar-refractivity contribution in [3.05, 3.63) is 16.1 Å². The number of guanidine groups is 1. The SMILES string of the molecule is CCNC(=NCCN(C)CCOC)N(C)Cc1csc(C)n1. The van der Waals surface area contributed by atoms with E-state index in [1.807, 2.05) is 14.0 Å². The lowest BCUT2D eigenvalue weighted by Crippen LogP contribution is -2.39. The fourth-order valence-electron chi connectivity index (χ4n) is 1.95. The van der Waals surface area contributed by atoms with Crippen LogP contribution in [0.2, 0.25) is 0 Å². The van der Waals surface area contributed by atoms with Crippen LogP contribution in [0.5, 0.6) is 0 Å². The minimum absolute atomic E-state index is 0.753. The standard InChI is InChI=1S/C15H29N5OS/c1-6-16-15(17-7-8-19(3)9-10-21-5)20(4)11-14-12-22-13(2)18-14/h12H,6-11H2,1-5H3,(H,16,17). The second-order valence-electron chi connectivity index (χ2n) is 5.25. The molecule has 0 unspecified atom stereocenters. The lowest BCUT2D eigenvalue weighted by Gasteiger charge is -2.22. The van der Waals surface area contributed by atoms with Crippen LogP contribution in [0.25, 0.3) is 0 Å².